The lowest BCUT2D eigenvalue weighted by atomic mass is 10.1. The molecule has 19 heavy (non-hydrogen) atoms. The lowest BCUT2D eigenvalue weighted by Gasteiger charge is -2.17. The minimum atomic E-state index is -0.924. The van der Waals surface area contributed by atoms with Gasteiger partial charge in [-0.3, -0.25) is 9.59 Å². The van der Waals surface area contributed by atoms with E-state index in [1.807, 2.05) is 24.3 Å². The molecule has 1 aromatic carbocycles. The molecule has 2 aliphatic carbocycles. The fraction of sp³-hybridized carbons (Fsp3) is 0.429. The third-order valence-electron chi connectivity index (χ3n) is 3.95. The lowest BCUT2D eigenvalue weighted by molar-refractivity contribution is -0.140. The second-order valence-corrected chi connectivity index (χ2v) is 5.24. The van der Waals surface area contributed by atoms with Gasteiger partial charge in [0.05, 0.1) is 24.0 Å². The first-order valence-corrected chi connectivity index (χ1v) is 6.37. The SMILES string of the molecule is O=C(O)[C@H]1C[C@H]1C(=O)NC1c2ccccc2CC1O. The zero-order chi connectivity index (χ0) is 13.6. The molecule has 1 amide bonds. The maximum Gasteiger partial charge on any atom is 0.307 e. The van der Waals surface area contributed by atoms with Crippen LogP contribution >= 0.6 is 0 Å². The molecule has 2 unspecified atom stereocenters. The molecule has 5 nitrogen and oxygen atoms in total. The van der Waals surface area contributed by atoms with Crippen LogP contribution in [0.4, 0.5) is 0 Å². The molecule has 0 aliphatic heterocycles. The van der Waals surface area contributed by atoms with Crippen molar-refractivity contribution in [3.05, 3.63) is 35.4 Å². The molecule has 3 rings (SSSR count). The number of aliphatic hydroxyl groups excluding tert-OH is 1. The highest BCUT2D eigenvalue weighted by Gasteiger charge is 2.49. The summed E-state index contributed by atoms with van der Waals surface area (Å²) in [5.41, 5.74) is 1.96. The smallest absolute Gasteiger partial charge is 0.307 e. The molecular weight excluding hydrogens is 246 g/mol. The highest BCUT2D eigenvalue weighted by Crippen LogP contribution is 2.40. The van der Waals surface area contributed by atoms with Gasteiger partial charge in [0.15, 0.2) is 0 Å². The topological polar surface area (TPSA) is 86.6 Å². The molecule has 1 fully saturated rings. The quantitative estimate of drug-likeness (QED) is 0.738. The molecule has 3 N–H and O–H groups in total. The number of hydrogen-bond acceptors (Lipinski definition) is 3. The third kappa shape index (κ3) is 2.10. The maximum absolute atomic E-state index is 11.9. The van der Waals surface area contributed by atoms with Crippen molar-refractivity contribution in [3.63, 3.8) is 0 Å². The van der Waals surface area contributed by atoms with E-state index in [4.69, 9.17) is 5.11 Å². The number of carboxylic acid groups (broad SMARTS) is 1. The standard InChI is InChI=1S/C14H15NO4/c16-11-5-7-3-1-2-4-8(7)12(11)15-13(17)9-6-10(9)14(18)19/h1-4,9-12,16H,5-6H2,(H,15,17)(H,18,19)/t9-,10+,11?,12?/m1/s1. The van der Waals surface area contributed by atoms with Gasteiger partial charge in [-0.15, -0.1) is 0 Å². The van der Waals surface area contributed by atoms with Gasteiger partial charge in [0, 0.05) is 6.42 Å². The van der Waals surface area contributed by atoms with Crippen LogP contribution in [0.5, 0.6) is 0 Å². The molecule has 0 spiro atoms. The first-order chi connectivity index (χ1) is 9.08. The van der Waals surface area contributed by atoms with Crippen molar-refractivity contribution >= 4 is 11.9 Å². The van der Waals surface area contributed by atoms with Gasteiger partial charge in [-0.05, 0) is 17.5 Å². The van der Waals surface area contributed by atoms with Crippen LogP contribution in [0.2, 0.25) is 0 Å². The summed E-state index contributed by atoms with van der Waals surface area (Å²) in [5.74, 6) is -2.20. The van der Waals surface area contributed by atoms with Crippen LogP contribution in [0.3, 0.4) is 0 Å². The number of carbonyl (C=O) groups excluding carboxylic acids is 1. The molecule has 1 saturated carbocycles. The zero-order valence-electron chi connectivity index (χ0n) is 10.2. The van der Waals surface area contributed by atoms with Crippen molar-refractivity contribution in [1.82, 2.24) is 5.32 Å². The minimum Gasteiger partial charge on any atom is -0.481 e. The Labute approximate surface area is 110 Å². The molecule has 0 bridgehead atoms. The predicted octanol–water partition coefficient (Wildman–Crippen LogP) is 0.482. The van der Waals surface area contributed by atoms with Crippen LogP contribution in [0.25, 0.3) is 0 Å². The summed E-state index contributed by atoms with van der Waals surface area (Å²) >= 11 is 0. The van der Waals surface area contributed by atoms with E-state index in [1.165, 1.54) is 0 Å². The van der Waals surface area contributed by atoms with E-state index in [1.54, 1.807) is 0 Å². The van der Waals surface area contributed by atoms with E-state index in [2.05, 4.69) is 5.32 Å². The Hall–Kier alpha value is -1.88. The van der Waals surface area contributed by atoms with E-state index >= 15 is 0 Å². The number of aliphatic carboxylic acids is 1. The normalized spacial score (nSPS) is 31.6. The van der Waals surface area contributed by atoms with E-state index in [9.17, 15) is 14.7 Å². The van der Waals surface area contributed by atoms with Gasteiger partial charge in [-0.2, -0.15) is 0 Å². The summed E-state index contributed by atoms with van der Waals surface area (Å²) in [6.45, 7) is 0. The van der Waals surface area contributed by atoms with Gasteiger partial charge < -0.3 is 15.5 Å². The second-order valence-electron chi connectivity index (χ2n) is 5.24. The molecular formula is C14H15NO4. The van der Waals surface area contributed by atoms with Crippen LogP contribution in [0.1, 0.15) is 23.6 Å². The summed E-state index contributed by atoms with van der Waals surface area (Å²) < 4.78 is 0. The Morgan fingerprint density at radius 3 is 2.63 bits per heavy atom. The number of benzene rings is 1. The molecule has 0 saturated heterocycles. The van der Waals surface area contributed by atoms with Crippen molar-refractivity contribution < 1.29 is 19.8 Å². The first kappa shape index (κ1) is 12.2. The highest BCUT2D eigenvalue weighted by molar-refractivity contribution is 5.89. The fourth-order valence-corrected chi connectivity index (χ4v) is 2.77. The number of fused-ring (bicyclic) bond motifs is 1. The lowest BCUT2D eigenvalue weighted by Crippen LogP contribution is -2.35. The Morgan fingerprint density at radius 1 is 1.21 bits per heavy atom. The maximum atomic E-state index is 11.9. The Bertz CT molecular complexity index is 542. The summed E-state index contributed by atoms with van der Waals surface area (Å²) in [5, 5.41) is 21.6. The van der Waals surface area contributed by atoms with E-state index in [-0.39, 0.29) is 5.91 Å². The fourth-order valence-electron chi connectivity index (χ4n) is 2.77. The minimum absolute atomic E-state index is 0.270. The van der Waals surface area contributed by atoms with Crippen molar-refractivity contribution in [2.75, 3.05) is 0 Å². The molecule has 0 aromatic heterocycles. The number of carboxylic acids is 1. The largest absolute Gasteiger partial charge is 0.481 e. The van der Waals surface area contributed by atoms with Gasteiger partial charge in [0.1, 0.15) is 0 Å². The third-order valence-corrected chi connectivity index (χ3v) is 3.95. The van der Waals surface area contributed by atoms with Crippen molar-refractivity contribution in [2.45, 2.75) is 25.0 Å². The average Bonchev–Trinajstić information content (AvgIpc) is 3.12. The number of rotatable bonds is 3. The average molecular weight is 261 g/mol. The van der Waals surface area contributed by atoms with Gasteiger partial charge in [0.2, 0.25) is 5.91 Å². The van der Waals surface area contributed by atoms with E-state index < -0.39 is 30.0 Å². The Balaban J connectivity index is 1.71. The number of carbonyl (C=O) groups is 2. The molecule has 5 heteroatoms. The van der Waals surface area contributed by atoms with Crippen LogP contribution < -0.4 is 5.32 Å². The zero-order valence-corrected chi connectivity index (χ0v) is 10.2. The van der Waals surface area contributed by atoms with Crippen molar-refractivity contribution in [2.24, 2.45) is 11.8 Å². The van der Waals surface area contributed by atoms with Gasteiger partial charge in [-0.25, -0.2) is 0 Å². The van der Waals surface area contributed by atoms with Crippen molar-refractivity contribution in [3.8, 4) is 0 Å². The van der Waals surface area contributed by atoms with Crippen LogP contribution in [-0.4, -0.2) is 28.2 Å². The van der Waals surface area contributed by atoms with Gasteiger partial charge in [0.25, 0.3) is 0 Å². The summed E-state index contributed by atoms with van der Waals surface area (Å²) in [6, 6.07) is 7.17. The molecule has 2 aliphatic rings. The summed E-state index contributed by atoms with van der Waals surface area (Å²) in [4.78, 5) is 22.7. The van der Waals surface area contributed by atoms with E-state index in [0.717, 1.165) is 11.1 Å². The molecule has 0 radical (unpaired) electrons. The van der Waals surface area contributed by atoms with E-state index in [0.29, 0.717) is 12.8 Å². The van der Waals surface area contributed by atoms with Crippen molar-refractivity contribution in [1.29, 1.82) is 0 Å². The number of aliphatic hydroxyl groups is 1. The molecule has 1 aromatic rings. The molecule has 100 valence electrons. The van der Waals surface area contributed by atoms with Crippen LogP contribution in [-0.2, 0) is 16.0 Å². The molecule has 4 atom stereocenters. The number of hydrogen-bond donors (Lipinski definition) is 3. The number of nitrogens with one attached hydrogen (secondary N) is 1. The summed E-state index contributed by atoms with van der Waals surface area (Å²) in [7, 11) is 0. The van der Waals surface area contributed by atoms with Crippen LogP contribution in [0.15, 0.2) is 24.3 Å². The predicted molar refractivity (Wildman–Crippen MR) is 66.3 cm³/mol. The molecule has 0 heterocycles. The van der Waals surface area contributed by atoms with Crippen LogP contribution in [0, 0.1) is 11.8 Å². The Morgan fingerprint density at radius 2 is 1.95 bits per heavy atom. The number of amides is 1. The first-order valence-electron chi connectivity index (χ1n) is 6.37. The monoisotopic (exact) mass is 261 g/mol. The van der Waals surface area contributed by atoms with Gasteiger partial charge in [-0.1, -0.05) is 24.3 Å². The summed E-state index contributed by atoms with van der Waals surface area (Å²) in [6.07, 6.45) is 0.281. The second kappa shape index (κ2) is 4.35. The Kier molecular flexibility index (Phi) is 2.78. The van der Waals surface area contributed by atoms with Gasteiger partial charge >= 0.3 is 5.97 Å². The highest BCUT2D eigenvalue weighted by atomic mass is 16.4.